The summed E-state index contributed by atoms with van der Waals surface area (Å²) >= 11 is 1.17. The highest BCUT2D eigenvalue weighted by Gasteiger charge is 2.37. The van der Waals surface area contributed by atoms with Crippen molar-refractivity contribution in [3.05, 3.63) is 15.6 Å². The van der Waals surface area contributed by atoms with Gasteiger partial charge < -0.3 is 5.32 Å². The van der Waals surface area contributed by atoms with Gasteiger partial charge in [-0.2, -0.15) is 13.2 Å². The van der Waals surface area contributed by atoms with E-state index in [9.17, 15) is 13.2 Å². The summed E-state index contributed by atoms with van der Waals surface area (Å²) in [6.45, 7) is 4.00. The van der Waals surface area contributed by atoms with Crippen LogP contribution in [0.15, 0.2) is 0 Å². The first-order valence-electron chi connectivity index (χ1n) is 5.68. The number of nitrogens with one attached hydrogen (secondary N) is 1. The molecule has 1 aliphatic carbocycles. The summed E-state index contributed by atoms with van der Waals surface area (Å²) in [5.41, 5.74) is -0.709. The maximum absolute atomic E-state index is 12.8. The maximum atomic E-state index is 12.8. The zero-order chi connectivity index (χ0) is 12.6. The van der Waals surface area contributed by atoms with Gasteiger partial charge in [-0.05, 0) is 12.8 Å². The van der Waals surface area contributed by atoms with E-state index < -0.39 is 11.9 Å². The molecule has 2 rings (SSSR count). The van der Waals surface area contributed by atoms with Crippen LogP contribution in [0.4, 0.5) is 13.2 Å². The molecule has 1 saturated carbocycles. The van der Waals surface area contributed by atoms with Crippen LogP contribution >= 0.6 is 11.3 Å². The average Bonchev–Trinajstić information content (AvgIpc) is 2.91. The topological polar surface area (TPSA) is 24.9 Å². The van der Waals surface area contributed by atoms with Crippen molar-refractivity contribution in [1.82, 2.24) is 10.3 Å². The Balaban J connectivity index is 2.20. The molecule has 0 amide bonds. The molecule has 1 aromatic rings. The Kier molecular flexibility index (Phi) is 3.45. The second-order valence-corrected chi connectivity index (χ2v) is 5.75. The number of hydrogen-bond donors (Lipinski definition) is 1. The Bertz CT molecular complexity index is 394. The molecule has 1 aliphatic rings. The van der Waals surface area contributed by atoms with Gasteiger partial charge in [-0.3, -0.25) is 0 Å². The van der Waals surface area contributed by atoms with Gasteiger partial charge in [0.05, 0.1) is 9.88 Å². The van der Waals surface area contributed by atoms with Gasteiger partial charge in [0.2, 0.25) is 0 Å². The molecular weight excluding hydrogens is 249 g/mol. The first kappa shape index (κ1) is 12.8. The van der Waals surface area contributed by atoms with Crippen LogP contribution in [0.5, 0.6) is 0 Å². The highest BCUT2D eigenvalue weighted by atomic mass is 32.1. The number of aromatic nitrogens is 1. The Morgan fingerprint density at radius 3 is 2.53 bits per heavy atom. The Hall–Kier alpha value is -0.620. The minimum atomic E-state index is -4.34. The average molecular weight is 264 g/mol. The van der Waals surface area contributed by atoms with Gasteiger partial charge in [-0.15, -0.1) is 11.3 Å². The standard InChI is InChI=1S/C11H15F3N2S/c1-6(2)10-16-9(11(12,13)14)8(17-10)5-15-7-3-4-7/h6-7,15H,3-5H2,1-2H3. The van der Waals surface area contributed by atoms with E-state index >= 15 is 0 Å². The predicted octanol–water partition coefficient (Wildman–Crippen LogP) is 3.54. The second-order valence-electron chi connectivity index (χ2n) is 4.63. The second kappa shape index (κ2) is 4.57. The molecule has 0 unspecified atom stereocenters. The van der Waals surface area contributed by atoms with Crippen molar-refractivity contribution in [1.29, 1.82) is 0 Å². The molecule has 1 aromatic heterocycles. The lowest BCUT2D eigenvalue weighted by Gasteiger charge is -2.06. The van der Waals surface area contributed by atoms with E-state index in [0.29, 0.717) is 15.9 Å². The summed E-state index contributed by atoms with van der Waals surface area (Å²) in [5, 5.41) is 3.67. The van der Waals surface area contributed by atoms with Crippen LogP contribution in [-0.4, -0.2) is 11.0 Å². The summed E-state index contributed by atoms with van der Waals surface area (Å²) in [4.78, 5) is 4.05. The summed E-state index contributed by atoms with van der Waals surface area (Å²) < 4.78 is 38.3. The lowest BCUT2D eigenvalue weighted by Crippen LogP contribution is -2.18. The van der Waals surface area contributed by atoms with Crippen LogP contribution in [0, 0.1) is 0 Å². The SMILES string of the molecule is CC(C)c1nc(C(F)(F)F)c(CNC2CC2)s1. The van der Waals surface area contributed by atoms with Crippen molar-refractivity contribution in [2.45, 2.75) is 51.4 Å². The highest BCUT2D eigenvalue weighted by molar-refractivity contribution is 7.11. The molecule has 1 fully saturated rings. The van der Waals surface area contributed by atoms with Crippen LogP contribution in [0.25, 0.3) is 0 Å². The highest BCUT2D eigenvalue weighted by Crippen LogP contribution is 2.36. The van der Waals surface area contributed by atoms with Crippen molar-refractivity contribution in [3.8, 4) is 0 Å². The summed E-state index contributed by atoms with van der Waals surface area (Å²) in [6.07, 6.45) is -2.21. The van der Waals surface area contributed by atoms with Crippen molar-refractivity contribution < 1.29 is 13.2 Å². The fraction of sp³-hybridized carbons (Fsp3) is 0.727. The van der Waals surface area contributed by atoms with E-state index in [1.807, 2.05) is 13.8 Å². The van der Waals surface area contributed by atoms with Crippen molar-refractivity contribution in [3.63, 3.8) is 0 Å². The van der Waals surface area contributed by atoms with Gasteiger partial charge in [-0.1, -0.05) is 13.8 Å². The molecule has 0 bridgehead atoms. The van der Waals surface area contributed by atoms with E-state index in [4.69, 9.17) is 0 Å². The van der Waals surface area contributed by atoms with Gasteiger partial charge in [0.25, 0.3) is 0 Å². The molecule has 0 atom stereocenters. The van der Waals surface area contributed by atoms with E-state index in [-0.39, 0.29) is 12.5 Å². The molecule has 0 aliphatic heterocycles. The summed E-state index contributed by atoms with van der Waals surface area (Å²) in [7, 11) is 0. The molecule has 0 saturated heterocycles. The maximum Gasteiger partial charge on any atom is 0.434 e. The number of halogens is 3. The Labute approximate surface area is 102 Å². The third-order valence-corrected chi connectivity index (χ3v) is 3.96. The number of hydrogen-bond acceptors (Lipinski definition) is 3. The smallest absolute Gasteiger partial charge is 0.309 e. The molecule has 0 spiro atoms. The molecule has 96 valence electrons. The number of alkyl halides is 3. The third kappa shape index (κ3) is 3.19. The summed E-state index contributed by atoms with van der Waals surface area (Å²) in [6, 6.07) is 0.403. The zero-order valence-electron chi connectivity index (χ0n) is 9.77. The molecule has 1 heterocycles. The predicted molar refractivity (Wildman–Crippen MR) is 61.1 cm³/mol. The van der Waals surface area contributed by atoms with Gasteiger partial charge in [-0.25, -0.2) is 4.98 Å². The van der Waals surface area contributed by atoms with Crippen LogP contribution in [0.1, 0.15) is 48.2 Å². The minimum Gasteiger partial charge on any atom is -0.309 e. The van der Waals surface area contributed by atoms with Crippen LogP contribution in [0.2, 0.25) is 0 Å². The van der Waals surface area contributed by atoms with Crippen molar-refractivity contribution >= 4 is 11.3 Å². The summed E-state index contributed by atoms with van der Waals surface area (Å²) in [5.74, 6) is 0.0378. The fourth-order valence-corrected chi connectivity index (χ4v) is 2.52. The van der Waals surface area contributed by atoms with E-state index in [0.717, 1.165) is 12.8 Å². The molecule has 2 nitrogen and oxygen atoms in total. The largest absolute Gasteiger partial charge is 0.434 e. The first-order chi connectivity index (χ1) is 7.88. The van der Waals surface area contributed by atoms with Crippen molar-refractivity contribution in [2.75, 3.05) is 0 Å². The van der Waals surface area contributed by atoms with Crippen LogP contribution in [0.3, 0.4) is 0 Å². The lowest BCUT2D eigenvalue weighted by atomic mass is 10.2. The Morgan fingerprint density at radius 2 is 2.06 bits per heavy atom. The number of thiazole rings is 1. The number of rotatable bonds is 4. The fourth-order valence-electron chi connectivity index (χ4n) is 1.48. The van der Waals surface area contributed by atoms with Crippen LogP contribution < -0.4 is 5.32 Å². The lowest BCUT2D eigenvalue weighted by molar-refractivity contribution is -0.141. The molecule has 0 radical (unpaired) electrons. The van der Waals surface area contributed by atoms with Gasteiger partial charge in [0.15, 0.2) is 5.69 Å². The molecule has 17 heavy (non-hydrogen) atoms. The van der Waals surface area contributed by atoms with Gasteiger partial charge in [0, 0.05) is 18.5 Å². The Morgan fingerprint density at radius 1 is 1.41 bits per heavy atom. The molecule has 6 heteroatoms. The normalized spacial score (nSPS) is 16.8. The molecule has 0 aromatic carbocycles. The van der Waals surface area contributed by atoms with E-state index in [1.54, 1.807) is 0 Å². The first-order valence-corrected chi connectivity index (χ1v) is 6.49. The quantitative estimate of drug-likeness (QED) is 0.899. The monoisotopic (exact) mass is 264 g/mol. The van der Waals surface area contributed by atoms with Gasteiger partial charge in [0.1, 0.15) is 0 Å². The minimum absolute atomic E-state index is 0.0378. The zero-order valence-corrected chi connectivity index (χ0v) is 10.6. The van der Waals surface area contributed by atoms with Crippen LogP contribution in [-0.2, 0) is 12.7 Å². The third-order valence-electron chi connectivity index (χ3n) is 2.60. The molecular formula is C11H15F3N2S. The van der Waals surface area contributed by atoms with E-state index in [2.05, 4.69) is 10.3 Å². The van der Waals surface area contributed by atoms with Crippen molar-refractivity contribution in [2.24, 2.45) is 0 Å². The van der Waals surface area contributed by atoms with E-state index in [1.165, 1.54) is 11.3 Å². The molecule has 1 N–H and O–H groups in total. The van der Waals surface area contributed by atoms with Gasteiger partial charge >= 0.3 is 6.18 Å². The number of nitrogens with zero attached hydrogens (tertiary/aromatic N) is 1.